The molecular formula is C21H25FN2O3S. The van der Waals surface area contributed by atoms with Crippen molar-refractivity contribution in [3.8, 4) is 0 Å². The van der Waals surface area contributed by atoms with Gasteiger partial charge in [0.25, 0.3) is 0 Å². The van der Waals surface area contributed by atoms with Crippen LogP contribution in [-0.2, 0) is 27.7 Å². The van der Waals surface area contributed by atoms with Crippen LogP contribution in [0.1, 0.15) is 42.5 Å². The number of hydrogen-bond acceptors (Lipinski definition) is 3. The molecular weight excluding hydrogens is 379 g/mol. The summed E-state index contributed by atoms with van der Waals surface area (Å²) in [5, 5.41) is 2.86. The number of sulfonamides is 1. The van der Waals surface area contributed by atoms with Crippen LogP contribution in [0.15, 0.2) is 47.4 Å². The van der Waals surface area contributed by atoms with Crippen molar-refractivity contribution in [1.82, 2.24) is 9.62 Å². The number of likely N-dealkylation sites (N-methyl/N-ethyl adjacent to an activating group) is 1. The monoisotopic (exact) mass is 404 g/mol. The van der Waals surface area contributed by atoms with E-state index >= 15 is 0 Å². The Morgan fingerprint density at radius 3 is 2.43 bits per heavy atom. The Kier molecular flexibility index (Phi) is 6.15. The fraction of sp³-hybridized carbons (Fsp3) is 0.381. The van der Waals surface area contributed by atoms with Gasteiger partial charge in [0.2, 0.25) is 15.9 Å². The number of nitrogens with one attached hydrogen (secondary N) is 1. The van der Waals surface area contributed by atoms with Crippen molar-refractivity contribution >= 4 is 15.9 Å². The molecule has 2 aromatic carbocycles. The molecule has 150 valence electrons. The Hall–Kier alpha value is -2.25. The summed E-state index contributed by atoms with van der Waals surface area (Å²) in [4.78, 5) is 12.3. The first-order valence-corrected chi connectivity index (χ1v) is 10.8. The first-order chi connectivity index (χ1) is 13.3. The summed E-state index contributed by atoms with van der Waals surface area (Å²) in [6, 6.07) is 10.6. The molecule has 0 aromatic heterocycles. The average Bonchev–Trinajstić information content (AvgIpc) is 2.67. The van der Waals surface area contributed by atoms with Gasteiger partial charge in [0.15, 0.2) is 0 Å². The second kappa shape index (κ2) is 8.41. The molecule has 0 bridgehead atoms. The Bertz CT molecular complexity index is 958. The van der Waals surface area contributed by atoms with Crippen molar-refractivity contribution in [2.75, 3.05) is 13.6 Å². The number of fused-ring (bicyclic) bond motifs is 1. The van der Waals surface area contributed by atoms with Gasteiger partial charge in [0.1, 0.15) is 5.82 Å². The van der Waals surface area contributed by atoms with Gasteiger partial charge in [-0.25, -0.2) is 12.8 Å². The highest BCUT2D eigenvalue weighted by molar-refractivity contribution is 7.89. The van der Waals surface area contributed by atoms with Crippen molar-refractivity contribution in [3.63, 3.8) is 0 Å². The predicted octanol–water partition coefficient (Wildman–Crippen LogP) is 3.20. The van der Waals surface area contributed by atoms with E-state index in [1.165, 1.54) is 43.1 Å². The maximum Gasteiger partial charge on any atom is 0.243 e. The highest BCUT2D eigenvalue weighted by atomic mass is 32.2. The van der Waals surface area contributed by atoms with E-state index in [1.54, 1.807) is 0 Å². The molecule has 0 aliphatic heterocycles. The maximum atomic E-state index is 13.0. The fourth-order valence-corrected chi connectivity index (χ4v) is 4.59. The molecule has 1 N–H and O–H groups in total. The first-order valence-electron chi connectivity index (χ1n) is 9.40. The Morgan fingerprint density at radius 2 is 1.75 bits per heavy atom. The number of carbonyl (C=O) groups is 1. The predicted molar refractivity (Wildman–Crippen MR) is 106 cm³/mol. The molecule has 7 heteroatoms. The van der Waals surface area contributed by atoms with Gasteiger partial charge in [-0.2, -0.15) is 4.31 Å². The Labute approximate surface area is 165 Å². The van der Waals surface area contributed by atoms with Crippen molar-refractivity contribution in [2.24, 2.45) is 0 Å². The number of halogens is 1. The van der Waals surface area contributed by atoms with Crippen LogP contribution < -0.4 is 5.32 Å². The van der Waals surface area contributed by atoms with E-state index in [0.717, 1.165) is 34.8 Å². The largest absolute Gasteiger partial charge is 0.348 e. The molecule has 1 unspecified atom stereocenters. The first kappa shape index (κ1) is 20.5. The van der Waals surface area contributed by atoms with Crippen LogP contribution in [0, 0.1) is 5.82 Å². The number of rotatable bonds is 6. The molecule has 0 spiro atoms. The van der Waals surface area contributed by atoms with Crippen LogP contribution in [0.2, 0.25) is 0 Å². The molecule has 0 heterocycles. The lowest BCUT2D eigenvalue weighted by molar-refractivity contribution is -0.121. The smallest absolute Gasteiger partial charge is 0.243 e. The van der Waals surface area contributed by atoms with Crippen LogP contribution in [0.5, 0.6) is 0 Å². The summed E-state index contributed by atoms with van der Waals surface area (Å²) in [6.45, 7) is 1.58. The molecule has 1 aliphatic rings. The fourth-order valence-electron chi connectivity index (χ4n) is 3.47. The highest BCUT2D eigenvalue weighted by Crippen LogP contribution is 2.24. The highest BCUT2D eigenvalue weighted by Gasteiger charge is 2.24. The van der Waals surface area contributed by atoms with Crippen LogP contribution in [0.3, 0.4) is 0 Å². The van der Waals surface area contributed by atoms with Crippen LogP contribution in [0.4, 0.5) is 4.39 Å². The topological polar surface area (TPSA) is 66.5 Å². The SMILES string of the molecule is CC(NC(=O)CN(C)S(=O)(=O)c1ccc(F)cc1)c1ccc2c(c1)CCCC2. The minimum absolute atomic E-state index is 0.0491. The summed E-state index contributed by atoms with van der Waals surface area (Å²) in [7, 11) is -2.52. The van der Waals surface area contributed by atoms with E-state index in [-0.39, 0.29) is 17.5 Å². The van der Waals surface area contributed by atoms with Gasteiger partial charge < -0.3 is 5.32 Å². The van der Waals surface area contributed by atoms with Crippen molar-refractivity contribution in [1.29, 1.82) is 0 Å². The number of nitrogens with zero attached hydrogens (tertiary/aromatic N) is 1. The second-order valence-electron chi connectivity index (χ2n) is 7.24. The van der Waals surface area contributed by atoms with Gasteiger partial charge in [-0.1, -0.05) is 18.2 Å². The molecule has 0 saturated carbocycles. The lowest BCUT2D eigenvalue weighted by atomic mass is 9.89. The molecule has 0 saturated heterocycles. The van der Waals surface area contributed by atoms with Gasteiger partial charge in [0, 0.05) is 7.05 Å². The molecule has 2 aromatic rings. The number of hydrogen-bond donors (Lipinski definition) is 1. The van der Waals surface area contributed by atoms with Gasteiger partial charge in [-0.3, -0.25) is 4.79 Å². The molecule has 1 amide bonds. The lowest BCUT2D eigenvalue weighted by Crippen LogP contribution is -2.39. The van der Waals surface area contributed by atoms with E-state index in [0.29, 0.717) is 0 Å². The molecule has 1 atom stereocenters. The van der Waals surface area contributed by atoms with E-state index in [4.69, 9.17) is 0 Å². The lowest BCUT2D eigenvalue weighted by Gasteiger charge is -2.21. The van der Waals surface area contributed by atoms with Crippen molar-refractivity contribution in [2.45, 2.75) is 43.5 Å². The third-order valence-electron chi connectivity index (χ3n) is 5.14. The molecule has 28 heavy (non-hydrogen) atoms. The van der Waals surface area contributed by atoms with E-state index < -0.39 is 21.7 Å². The summed E-state index contributed by atoms with van der Waals surface area (Å²) >= 11 is 0. The van der Waals surface area contributed by atoms with E-state index in [1.807, 2.05) is 13.0 Å². The quantitative estimate of drug-likeness (QED) is 0.804. The number of amides is 1. The molecule has 1 aliphatic carbocycles. The van der Waals surface area contributed by atoms with Gasteiger partial charge in [0.05, 0.1) is 17.5 Å². The van der Waals surface area contributed by atoms with Gasteiger partial charge >= 0.3 is 0 Å². The molecule has 0 fully saturated rings. The van der Waals surface area contributed by atoms with Gasteiger partial charge in [-0.15, -0.1) is 0 Å². The number of benzene rings is 2. The molecule has 0 radical (unpaired) electrons. The van der Waals surface area contributed by atoms with E-state index in [9.17, 15) is 17.6 Å². The standard InChI is InChI=1S/C21H25FN2O3S/c1-15(17-8-7-16-5-3-4-6-18(16)13-17)23-21(25)14-24(2)28(26,27)20-11-9-19(22)10-12-20/h7-13,15H,3-6,14H2,1-2H3,(H,23,25). The zero-order valence-corrected chi connectivity index (χ0v) is 16.9. The van der Waals surface area contributed by atoms with Crippen molar-refractivity contribution < 1.29 is 17.6 Å². The minimum atomic E-state index is -3.86. The third-order valence-corrected chi connectivity index (χ3v) is 6.96. The Balaban J connectivity index is 1.63. The number of carbonyl (C=O) groups excluding carboxylic acids is 1. The normalized spacial score (nSPS) is 15.1. The third kappa shape index (κ3) is 4.59. The zero-order chi connectivity index (χ0) is 20.3. The second-order valence-corrected chi connectivity index (χ2v) is 9.28. The minimum Gasteiger partial charge on any atom is -0.348 e. The van der Waals surface area contributed by atoms with Crippen molar-refractivity contribution in [3.05, 3.63) is 65.0 Å². The van der Waals surface area contributed by atoms with Crippen LogP contribution in [-0.4, -0.2) is 32.2 Å². The zero-order valence-electron chi connectivity index (χ0n) is 16.1. The maximum absolute atomic E-state index is 13.0. The summed E-state index contributed by atoms with van der Waals surface area (Å²) in [5.74, 6) is -0.906. The number of aryl methyl sites for hydroxylation is 2. The molecule has 5 nitrogen and oxygen atoms in total. The summed E-state index contributed by atoms with van der Waals surface area (Å²) in [5.41, 5.74) is 3.72. The molecule has 3 rings (SSSR count). The summed E-state index contributed by atoms with van der Waals surface area (Å²) < 4.78 is 39.0. The van der Waals surface area contributed by atoms with Gasteiger partial charge in [-0.05, 0) is 73.6 Å². The average molecular weight is 405 g/mol. The summed E-state index contributed by atoms with van der Waals surface area (Å²) in [6.07, 6.45) is 4.56. The Morgan fingerprint density at radius 1 is 1.11 bits per heavy atom. The van der Waals surface area contributed by atoms with Crippen LogP contribution in [0.25, 0.3) is 0 Å². The van der Waals surface area contributed by atoms with Crippen LogP contribution >= 0.6 is 0 Å². The van der Waals surface area contributed by atoms with E-state index in [2.05, 4.69) is 17.4 Å².